The zero-order valence-corrected chi connectivity index (χ0v) is 17.5. The molecule has 0 radical (unpaired) electrons. The zero-order valence-electron chi connectivity index (χ0n) is 15.9. The molecule has 0 aliphatic heterocycles. The van der Waals surface area contributed by atoms with Gasteiger partial charge in [-0.1, -0.05) is 15.9 Å². The maximum atomic E-state index is 12.7. The van der Waals surface area contributed by atoms with E-state index in [1.54, 1.807) is 53.2 Å². The van der Waals surface area contributed by atoms with Crippen LogP contribution in [0.15, 0.2) is 22.7 Å². The van der Waals surface area contributed by atoms with Crippen LogP contribution in [0.3, 0.4) is 0 Å². The Morgan fingerprint density at radius 3 is 2.37 bits per heavy atom. The topological polar surface area (TPSA) is 77.6 Å². The highest BCUT2D eigenvalue weighted by molar-refractivity contribution is 9.10. The molecule has 0 amide bonds. The highest BCUT2D eigenvalue weighted by atomic mass is 79.9. The third-order valence-electron chi connectivity index (χ3n) is 4.08. The highest BCUT2D eigenvalue weighted by Gasteiger charge is 2.21. The lowest BCUT2D eigenvalue weighted by Crippen LogP contribution is -2.07. The lowest BCUT2D eigenvalue weighted by Gasteiger charge is -2.09. The number of ether oxygens (including phenoxy) is 3. The first-order valence-electron chi connectivity index (χ1n) is 8.34. The molecular weight excluding hydrogens is 414 g/mol. The van der Waals surface area contributed by atoms with Crippen LogP contribution in [-0.4, -0.2) is 37.6 Å². The van der Waals surface area contributed by atoms with E-state index in [1.165, 1.54) is 6.08 Å². The van der Waals surface area contributed by atoms with Gasteiger partial charge in [0.25, 0.3) is 0 Å². The molecule has 144 valence electrons. The predicted octanol–water partition coefficient (Wildman–Crippen LogP) is 4.48. The first-order valence-corrected chi connectivity index (χ1v) is 9.13. The molecule has 0 atom stereocenters. The van der Waals surface area contributed by atoms with Gasteiger partial charge < -0.3 is 19.2 Å². The minimum absolute atomic E-state index is 0.210. The summed E-state index contributed by atoms with van der Waals surface area (Å²) >= 11 is 3.46. The van der Waals surface area contributed by atoms with Crippen molar-refractivity contribution in [2.24, 2.45) is 0 Å². The Labute approximate surface area is 166 Å². The van der Waals surface area contributed by atoms with Gasteiger partial charge in [0, 0.05) is 15.7 Å². The van der Waals surface area contributed by atoms with Crippen molar-refractivity contribution < 1.29 is 23.8 Å². The van der Waals surface area contributed by atoms with Gasteiger partial charge in [0.2, 0.25) is 0 Å². The Bertz CT molecular complexity index is 898. The first kappa shape index (κ1) is 20.8. The van der Waals surface area contributed by atoms with Gasteiger partial charge in [-0.25, -0.2) is 4.79 Å². The van der Waals surface area contributed by atoms with E-state index >= 15 is 0 Å². The third-order valence-corrected chi connectivity index (χ3v) is 4.77. The zero-order chi connectivity index (χ0) is 20.1. The van der Waals surface area contributed by atoms with Gasteiger partial charge in [0.1, 0.15) is 5.69 Å². The molecule has 0 bridgehead atoms. The van der Waals surface area contributed by atoms with Crippen LogP contribution in [0, 0.1) is 13.8 Å². The summed E-state index contributed by atoms with van der Waals surface area (Å²) in [6.07, 6.45) is 3.15. The van der Waals surface area contributed by atoms with E-state index in [-0.39, 0.29) is 12.4 Å². The number of rotatable bonds is 7. The number of esters is 1. The van der Waals surface area contributed by atoms with Crippen LogP contribution in [0.25, 0.3) is 6.08 Å². The van der Waals surface area contributed by atoms with E-state index in [1.807, 2.05) is 0 Å². The number of carbonyl (C=O) groups is 2. The molecule has 6 nitrogen and oxygen atoms in total. The Morgan fingerprint density at radius 1 is 1.15 bits per heavy atom. The van der Waals surface area contributed by atoms with Gasteiger partial charge >= 0.3 is 5.97 Å². The van der Waals surface area contributed by atoms with Crippen LogP contribution < -0.4 is 9.47 Å². The largest absolute Gasteiger partial charge is 0.493 e. The van der Waals surface area contributed by atoms with Gasteiger partial charge in [0.05, 0.1) is 20.8 Å². The fourth-order valence-electron chi connectivity index (χ4n) is 2.77. The van der Waals surface area contributed by atoms with E-state index in [9.17, 15) is 9.59 Å². The fourth-order valence-corrected chi connectivity index (χ4v) is 3.23. The summed E-state index contributed by atoms with van der Waals surface area (Å²) < 4.78 is 16.3. The molecule has 0 saturated heterocycles. The molecular formula is C20H22BrNO5. The summed E-state index contributed by atoms with van der Waals surface area (Å²) in [5.74, 6) is 0.470. The Kier molecular flexibility index (Phi) is 6.85. The maximum Gasteiger partial charge on any atom is 0.355 e. The summed E-state index contributed by atoms with van der Waals surface area (Å²) in [5.41, 5.74) is 2.73. The number of allylic oxidation sites excluding steroid dienone is 1. The second-order valence-electron chi connectivity index (χ2n) is 5.77. The molecule has 1 aromatic carbocycles. The number of methoxy groups -OCH3 is 2. The lowest BCUT2D eigenvalue weighted by atomic mass is 10.0. The predicted molar refractivity (Wildman–Crippen MR) is 107 cm³/mol. The van der Waals surface area contributed by atoms with Crippen LogP contribution in [0.1, 0.15) is 44.6 Å². The number of carbonyl (C=O) groups excluding carboxylic acids is 2. The van der Waals surface area contributed by atoms with Gasteiger partial charge in [-0.3, -0.25) is 4.79 Å². The molecule has 0 fully saturated rings. The summed E-state index contributed by atoms with van der Waals surface area (Å²) in [5, 5.41) is 0. The second kappa shape index (κ2) is 8.90. The molecule has 2 aromatic rings. The summed E-state index contributed by atoms with van der Waals surface area (Å²) in [7, 11) is 3.11. The van der Waals surface area contributed by atoms with Crippen molar-refractivity contribution in [1.82, 2.24) is 4.98 Å². The Morgan fingerprint density at radius 2 is 1.78 bits per heavy atom. The van der Waals surface area contributed by atoms with E-state index in [0.29, 0.717) is 34.0 Å². The van der Waals surface area contributed by atoms with Crippen LogP contribution in [-0.2, 0) is 4.74 Å². The molecule has 2 rings (SSSR count). The summed E-state index contributed by atoms with van der Waals surface area (Å²) in [6.45, 7) is 5.48. The van der Waals surface area contributed by atoms with Crippen molar-refractivity contribution in [2.75, 3.05) is 20.8 Å². The minimum atomic E-state index is -0.469. The number of hydrogen-bond donors (Lipinski definition) is 1. The number of benzene rings is 1. The van der Waals surface area contributed by atoms with Crippen LogP contribution in [0.4, 0.5) is 0 Å². The van der Waals surface area contributed by atoms with Gasteiger partial charge in [-0.15, -0.1) is 0 Å². The normalized spacial score (nSPS) is 10.9. The monoisotopic (exact) mass is 435 g/mol. The van der Waals surface area contributed by atoms with Crippen LogP contribution in [0.5, 0.6) is 11.5 Å². The number of nitrogens with one attached hydrogen (secondary N) is 1. The number of ketones is 1. The Balaban J connectivity index is 2.34. The van der Waals surface area contributed by atoms with E-state index in [0.717, 1.165) is 10.0 Å². The quantitative estimate of drug-likeness (QED) is 0.393. The minimum Gasteiger partial charge on any atom is -0.493 e. The molecule has 1 aromatic heterocycles. The van der Waals surface area contributed by atoms with Crippen molar-refractivity contribution in [2.45, 2.75) is 20.8 Å². The molecule has 0 aliphatic carbocycles. The van der Waals surface area contributed by atoms with Crippen LogP contribution >= 0.6 is 15.9 Å². The number of hydrogen-bond acceptors (Lipinski definition) is 5. The second-order valence-corrected chi connectivity index (χ2v) is 6.63. The smallest absolute Gasteiger partial charge is 0.355 e. The third kappa shape index (κ3) is 4.42. The number of aromatic amines is 1. The number of aromatic nitrogens is 1. The molecule has 7 heteroatoms. The number of halogens is 1. The first-order chi connectivity index (χ1) is 12.8. The van der Waals surface area contributed by atoms with Gasteiger partial charge in [-0.05, 0) is 56.2 Å². The van der Waals surface area contributed by atoms with Gasteiger partial charge in [-0.2, -0.15) is 0 Å². The maximum absolute atomic E-state index is 12.7. The van der Waals surface area contributed by atoms with Crippen molar-refractivity contribution in [3.8, 4) is 11.5 Å². The number of H-pyrrole nitrogens is 1. The van der Waals surface area contributed by atoms with Crippen molar-refractivity contribution in [3.05, 3.63) is 50.8 Å². The molecule has 1 heterocycles. The average molecular weight is 436 g/mol. The number of aryl methyl sites for hydroxylation is 1. The molecule has 0 unspecified atom stereocenters. The van der Waals surface area contributed by atoms with E-state index in [2.05, 4.69) is 20.9 Å². The molecule has 0 aliphatic rings. The van der Waals surface area contributed by atoms with Crippen LogP contribution in [0.2, 0.25) is 0 Å². The van der Waals surface area contributed by atoms with Crippen molar-refractivity contribution >= 4 is 33.8 Å². The summed E-state index contributed by atoms with van der Waals surface area (Å²) in [4.78, 5) is 27.7. The lowest BCUT2D eigenvalue weighted by molar-refractivity contribution is 0.0519. The van der Waals surface area contributed by atoms with Gasteiger partial charge in [0.15, 0.2) is 17.3 Å². The Hall–Kier alpha value is -2.54. The van der Waals surface area contributed by atoms with E-state index in [4.69, 9.17) is 14.2 Å². The summed E-state index contributed by atoms with van der Waals surface area (Å²) in [6, 6.07) is 3.54. The molecule has 0 saturated carbocycles. The van der Waals surface area contributed by atoms with Crippen molar-refractivity contribution in [1.29, 1.82) is 0 Å². The average Bonchev–Trinajstić information content (AvgIpc) is 2.94. The fraction of sp³-hybridized carbons (Fsp3) is 0.300. The molecule has 27 heavy (non-hydrogen) atoms. The van der Waals surface area contributed by atoms with E-state index < -0.39 is 5.97 Å². The SMILES string of the molecule is CCOC(=O)c1[nH]c(C)c(C(=O)/C=C/c2cc(OC)c(OC)cc2Br)c1C. The highest BCUT2D eigenvalue weighted by Crippen LogP contribution is 2.34. The standard InChI is InChI=1S/C20H22BrNO5/c1-6-27-20(24)19-11(2)18(12(3)22-19)15(23)8-7-13-9-16(25-4)17(26-5)10-14(13)21/h7-10,22H,6H2,1-5H3/b8-7+. The molecule has 1 N–H and O–H groups in total. The molecule has 0 spiro atoms. The van der Waals surface area contributed by atoms with Crippen molar-refractivity contribution in [3.63, 3.8) is 0 Å².